The lowest BCUT2D eigenvalue weighted by Gasteiger charge is -2.12. The third-order valence-corrected chi connectivity index (χ3v) is 6.83. The first-order chi connectivity index (χ1) is 14.7. The summed E-state index contributed by atoms with van der Waals surface area (Å²) in [4.78, 5) is 14.6. The second-order valence-corrected chi connectivity index (χ2v) is 9.11. The standard InChI is InChI=1S/C23H20N4OS2/c1-3-4-17-11-19-22(30-17)23(25-12-24-19)27-15-5-7-20(14(2)9-15)28-16-6-8-21-18(10-16)26-13-29-21/h5-13H,3-4H2,1-2H3,(H,24,25,27). The molecule has 0 aliphatic rings. The zero-order chi connectivity index (χ0) is 20.5. The molecule has 0 amide bonds. The molecular formula is C23H20N4OS2. The Bertz CT molecular complexity index is 1340. The van der Waals surface area contributed by atoms with Crippen LogP contribution in [0.4, 0.5) is 11.5 Å². The van der Waals surface area contributed by atoms with Gasteiger partial charge in [0.05, 0.1) is 25.9 Å². The van der Waals surface area contributed by atoms with Crippen LogP contribution in [0, 0.1) is 6.92 Å². The van der Waals surface area contributed by atoms with Crippen LogP contribution in [0.2, 0.25) is 0 Å². The normalized spacial score (nSPS) is 11.3. The van der Waals surface area contributed by atoms with E-state index in [9.17, 15) is 0 Å². The Labute approximate surface area is 182 Å². The topological polar surface area (TPSA) is 59.9 Å². The van der Waals surface area contributed by atoms with Crippen molar-refractivity contribution < 1.29 is 4.74 Å². The van der Waals surface area contributed by atoms with Crippen molar-refractivity contribution >= 4 is 54.6 Å². The minimum Gasteiger partial charge on any atom is -0.457 e. The SMILES string of the molecule is CCCc1cc2ncnc(Nc3ccc(Oc4ccc5scnc5c4)c(C)c3)c2s1. The Morgan fingerprint density at radius 3 is 2.80 bits per heavy atom. The number of aromatic nitrogens is 3. The zero-order valence-corrected chi connectivity index (χ0v) is 18.3. The number of thiazole rings is 1. The molecule has 5 nitrogen and oxygen atoms in total. The van der Waals surface area contributed by atoms with E-state index >= 15 is 0 Å². The number of hydrogen-bond donors (Lipinski definition) is 1. The Morgan fingerprint density at radius 2 is 1.93 bits per heavy atom. The third-order valence-electron chi connectivity index (χ3n) is 4.83. The molecule has 0 saturated heterocycles. The van der Waals surface area contributed by atoms with Crippen LogP contribution < -0.4 is 10.1 Å². The van der Waals surface area contributed by atoms with Crippen LogP contribution in [0.3, 0.4) is 0 Å². The molecular weight excluding hydrogens is 412 g/mol. The first kappa shape index (κ1) is 19.0. The second-order valence-electron chi connectivity index (χ2n) is 7.09. The largest absolute Gasteiger partial charge is 0.457 e. The van der Waals surface area contributed by atoms with Gasteiger partial charge in [-0.3, -0.25) is 0 Å². The van der Waals surface area contributed by atoms with Crippen LogP contribution in [0.25, 0.3) is 20.4 Å². The van der Waals surface area contributed by atoms with E-state index in [0.29, 0.717) is 0 Å². The van der Waals surface area contributed by atoms with Gasteiger partial charge in [-0.2, -0.15) is 0 Å². The van der Waals surface area contributed by atoms with Gasteiger partial charge in [0.25, 0.3) is 0 Å². The fraction of sp³-hybridized carbons (Fsp3) is 0.174. The predicted molar refractivity (Wildman–Crippen MR) is 126 cm³/mol. The van der Waals surface area contributed by atoms with Gasteiger partial charge in [-0.25, -0.2) is 15.0 Å². The van der Waals surface area contributed by atoms with E-state index in [-0.39, 0.29) is 0 Å². The summed E-state index contributed by atoms with van der Waals surface area (Å²) in [5.74, 6) is 2.45. The minimum atomic E-state index is 0.789. The molecule has 30 heavy (non-hydrogen) atoms. The van der Waals surface area contributed by atoms with Crippen molar-refractivity contribution in [1.82, 2.24) is 15.0 Å². The number of ether oxygens (including phenoxy) is 1. The predicted octanol–water partition coefficient (Wildman–Crippen LogP) is 7.10. The highest BCUT2D eigenvalue weighted by Crippen LogP contribution is 2.34. The number of benzene rings is 2. The molecule has 5 rings (SSSR count). The molecule has 0 spiro atoms. The maximum Gasteiger partial charge on any atom is 0.151 e. The van der Waals surface area contributed by atoms with E-state index in [1.807, 2.05) is 42.8 Å². The van der Waals surface area contributed by atoms with E-state index in [1.165, 1.54) is 4.88 Å². The fourth-order valence-electron chi connectivity index (χ4n) is 3.37. The molecule has 5 aromatic rings. The number of nitrogens with zero attached hydrogens (tertiary/aromatic N) is 3. The van der Waals surface area contributed by atoms with Gasteiger partial charge >= 0.3 is 0 Å². The number of nitrogens with one attached hydrogen (secondary N) is 1. The van der Waals surface area contributed by atoms with Crippen molar-refractivity contribution in [3.8, 4) is 11.5 Å². The number of anilines is 2. The van der Waals surface area contributed by atoms with Gasteiger partial charge < -0.3 is 10.1 Å². The van der Waals surface area contributed by atoms with E-state index in [0.717, 1.165) is 61.8 Å². The Morgan fingerprint density at radius 1 is 1.00 bits per heavy atom. The molecule has 0 radical (unpaired) electrons. The molecule has 0 unspecified atom stereocenters. The monoisotopic (exact) mass is 432 g/mol. The van der Waals surface area contributed by atoms with Crippen molar-refractivity contribution in [1.29, 1.82) is 0 Å². The quantitative estimate of drug-likeness (QED) is 0.310. The molecule has 0 atom stereocenters. The summed E-state index contributed by atoms with van der Waals surface area (Å²) in [6.45, 7) is 4.23. The molecule has 150 valence electrons. The third kappa shape index (κ3) is 3.74. The summed E-state index contributed by atoms with van der Waals surface area (Å²) < 4.78 is 8.36. The van der Waals surface area contributed by atoms with Gasteiger partial charge in [0.1, 0.15) is 17.8 Å². The van der Waals surface area contributed by atoms with Crippen LogP contribution in [0.15, 0.2) is 54.3 Å². The van der Waals surface area contributed by atoms with Gasteiger partial charge in [0.2, 0.25) is 0 Å². The van der Waals surface area contributed by atoms with Crippen molar-refractivity contribution in [2.45, 2.75) is 26.7 Å². The van der Waals surface area contributed by atoms with Crippen molar-refractivity contribution in [3.63, 3.8) is 0 Å². The highest BCUT2D eigenvalue weighted by molar-refractivity contribution is 7.19. The molecule has 0 aliphatic carbocycles. The summed E-state index contributed by atoms with van der Waals surface area (Å²) in [5.41, 5.74) is 5.82. The average Bonchev–Trinajstić information content (AvgIpc) is 3.37. The minimum absolute atomic E-state index is 0.789. The molecule has 3 aromatic heterocycles. The average molecular weight is 433 g/mol. The van der Waals surface area contributed by atoms with Crippen LogP contribution in [-0.2, 0) is 6.42 Å². The summed E-state index contributed by atoms with van der Waals surface area (Å²) in [7, 11) is 0. The van der Waals surface area contributed by atoms with Crippen LogP contribution in [-0.4, -0.2) is 15.0 Å². The number of hydrogen-bond acceptors (Lipinski definition) is 7. The first-order valence-electron chi connectivity index (χ1n) is 9.82. The van der Waals surface area contributed by atoms with Crippen LogP contribution in [0.1, 0.15) is 23.8 Å². The molecule has 7 heteroatoms. The molecule has 0 fully saturated rings. The van der Waals surface area contributed by atoms with Gasteiger partial charge in [-0.1, -0.05) is 13.3 Å². The van der Waals surface area contributed by atoms with E-state index in [2.05, 4.69) is 39.3 Å². The maximum atomic E-state index is 6.11. The molecule has 0 aliphatic heterocycles. The molecule has 0 saturated carbocycles. The van der Waals surface area contributed by atoms with Gasteiger partial charge in [-0.15, -0.1) is 22.7 Å². The van der Waals surface area contributed by atoms with E-state index in [1.54, 1.807) is 29.0 Å². The Hall–Kier alpha value is -3.03. The zero-order valence-electron chi connectivity index (χ0n) is 16.7. The van der Waals surface area contributed by atoms with Gasteiger partial charge in [0, 0.05) is 16.6 Å². The first-order valence-corrected chi connectivity index (χ1v) is 11.5. The van der Waals surface area contributed by atoms with Crippen molar-refractivity contribution in [3.05, 3.63) is 64.7 Å². The smallest absolute Gasteiger partial charge is 0.151 e. The van der Waals surface area contributed by atoms with Crippen molar-refractivity contribution in [2.75, 3.05) is 5.32 Å². The lowest BCUT2D eigenvalue weighted by Crippen LogP contribution is -1.96. The Balaban J connectivity index is 1.39. The summed E-state index contributed by atoms with van der Waals surface area (Å²) in [6, 6.07) is 14.2. The summed E-state index contributed by atoms with van der Waals surface area (Å²) >= 11 is 3.39. The molecule has 2 aromatic carbocycles. The number of thiophene rings is 1. The summed E-state index contributed by atoms with van der Waals surface area (Å²) in [6.07, 6.45) is 3.81. The molecule has 3 heterocycles. The second kappa shape index (κ2) is 8.01. The lowest BCUT2D eigenvalue weighted by atomic mass is 10.2. The number of fused-ring (bicyclic) bond motifs is 2. The van der Waals surface area contributed by atoms with Crippen LogP contribution >= 0.6 is 22.7 Å². The van der Waals surface area contributed by atoms with E-state index < -0.39 is 0 Å². The summed E-state index contributed by atoms with van der Waals surface area (Å²) in [5, 5.41) is 3.45. The van der Waals surface area contributed by atoms with Crippen LogP contribution in [0.5, 0.6) is 11.5 Å². The lowest BCUT2D eigenvalue weighted by molar-refractivity contribution is 0.479. The number of rotatable bonds is 6. The fourth-order valence-corrected chi connectivity index (χ4v) is 5.18. The van der Waals surface area contributed by atoms with E-state index in [4.69, 9.17) is 4.74 Å². The Kier molecular flexibility index (Phi) is 5.06. The van der Waals surface area contributed by atoms with Gasteiger partial charge in [0.15, 0.2) is 5.82 Å². The maximum absolute atomic E-state index is 6.11. The molecule has 0 bridgehead atoms. The highest BCUT2D eigenvalue weighted by Gasteiger charge is 2.10. The highest BCUT2D eigenvalue weighted by atomic mass is 32.1. The molecule has 1 N–H and O–H groups in total. The number of aryl methyl sites for hydroxylation is 2. The van der Waals surface area contributed by atoms with Crippen molar-refractivity contribution in [2.24, 2.45) is 0 Å². The van der Waals surface area contributed by atoms with Gasteiger partial charge in [-0.05, 0) is 55.3 Å².